The summed E-state index contributed by atoms with van der Waals surface area (Å²) in [4.78, 5) is 23.3. The van der Waals surface area contributed by atoms with Gasteiger partial charge in [-0.15, -0.1) is 0 Å². The van der Waals surface area contributed by atoms with E-state index in [0.717, 1.165) is 38.3 Å². The van der Waals surface area contributed by atoms with Gasteiger partial charge in [-0.25, -0.2) is 0 Å². The third-order valence-corrected chi connectivity index (χ3v) is 5.54. The first-order valence-corrected chi connectivity index (χ1v) is 9.74. The van der Waals surface area contributed by atoms with Crippen LogP contribution in [-0.2, 0) is 4.79 Å². The molecule has 0 N–H and O–H groups in total. The van der Waals surface area contributed by atoms with Gasteiger partial charge in [0.05, 0.1) is 6.04 Å². The summed E-state index contributed by atoms with van der Waals surface area (Å²) < 4.78 is 0. The second kappa shape index (κ2) is 9.00. The van der Waals surface area contributed by atoms with Crippen LogP contribution in [0.25, 0.3) is 0 Å². The zero-order valence-electron chi connectivity index (χ0n) is 16.6. The second-order valence-electron chi connectivity index (χ2n) is 7.38. The molecule has 1 fully saturated rings. The summed E-state index contributed by atoms with van der Waals surface area (Å²) in [5.41, 5.74) is 3.72. The van der Waals surface area contributed by atoms with E-state index >= 15 is 0 Å². The number of carbonyl (C=O) groups is 1. The Labute approximate surface area is 162 Å². The molecule has 3 rings (SSSR count). The van der Waals surface area contributed by atoms with Gasteiger partial charge in [-0.3, -0.25) is 14.7 Å². The van der Waals surface area contributed by atoms with Crippen molar-refractivity contribution < 1.29 is 4.79 Å². The van der Waals surface area contributed by atoms with Crippen molar-refractivity contribution in [3.8, 4) is 0 Å². The van der Waals surface area contributed by atoms with Crippen LogP contribution in [0.2, 0.25) is 0 Å². The van der Waals surface area contributed by atoms with E-state index in [1.165, 1.54) is 11.3 Å². The third kappa shape index (κ3) is 5.07. The van der Waals surface area contributed by atoms with Gasteiger partial charge in [0.15, 0.2) is 0 Å². The minimum absolute atomic E-state index is 0.0682. The van der Waals surface area contributed by atoms with Crippen LogP contribution in [0.5, 0.6) is 0 Å². The van der Waals surface area contributed by atoms with E-state index < -0.39 is 0 Å². The van der Waals surface area contributed by atoms with Crippen LogP contribution < -0.4 is 4.90 Å². The first kappa shape index (κ1) is 19.4. The number of carbonyl (C=O) groups excluding carboxylic acids is 1. The Hall–Kier alpha value is -2.40. The first-order valence-electron chi connectivity index (χ1n) is 9.74. The lowest BCUT2D eigenvalue weighted by Gasteiger charge is -2.36. The van der Waals surface area contributed by atoms with Gasteiger partial charge in [0.2, 0.25) is 5.91 Å². The molecule has 1 amide bonds. The Kier molecular flexibility index (Phi) is 6.45. The highest BCUT2D eigenvalue weighted by molar-refractivity contribution is 5.76. The molecule has 144 valence electrons. The lowest BCUT2D eigenvalue weighted by atomic mass is 10.1. The number of aromatic nitrogens is 1. The molecular formula is C22H30N4O. The number of anilines is 1. The van der Waals surface area contributed by atoms with Gasteiger partial charge >= 0.3 is 0 Å². The van der Waals surface area contributed by atoms with Gasteiger partial charge in [-0.05, 0) is 49.2 Å². The van der Waals surface area contributed by atoms with E-state index in [0.29, 0.717) is 6.42 Å². The standard InChI is InChI=1S/C22H30N4O/c1-18-5-4-6-21(17-18)26-15-13-25(14-16-26)12-9-22(27)24(3)19(2)20-7-10-23-11-8-20/h4-8,10-11,17,19H,9,12-16H2,1-3H3. The molecule has 0 saturated carbocycles. The fourth-order valence-corrected chi connectivity index (χ4v) is 3.57. The first-order chi connectivity index (χ1) is 13.0. The fourth-order valence-electron chi connectivity index (χ4n) is 3.57. The van der Waals surface area contributed by atoms with Crippen molar-refractivity contribution in [3.63, 3.8) is 0 Å². The second-order valence-corrected chi connectivity index (χ2v) is 7.38. The van der Waals surface area contributed by atoms with Gasteiger partial charge in [-0.1, -0.05) is 12.1 Å². The topological polar surface area (TPSA) is 39.7 Å². The molecule has 1 aromatic heterocycles. The molecule has 5 heteroatoms. The monoisotopic (exact) mass is 366 g/mol. The lowest BCUT2D eigenvalue weighted by molar-refractivity contribution is -0.132. The number of nitrogens with zero attached hydrogens (tertiary/aromatic N) is 4. The Morgan fingerprint density at radius 3 is 2.52 bits per heavy atom. The van der Waals surface area contributed by atoms with Crippen molar-refractivity contribution in [2.45, 2.75) is 26.3 Å². The molecule has 1 atom stereocenters. The SMILES string of the molecule is Cc1cccc(N2CCN(CCC(=O)N(C)C(C)c3ccncc3)CC2)c1. The molecule has 2 heterocycles. The summed E-state index contributed by atoms with van der Waals surface area (Å²) in [7, 11) is 1.89. The maximum absolute atomic E-state index is 12.6. The molecule has 2 aromatic rings. The van der Waals surface area contributed by atoms with Crippen LogP contribution in [0, 0.1) is 6.92 Å². The van der Waals surface area contributed by atoms with E-state index in [4.69, 9.17) is 0 Å². The van der Waals surface area contributed by atoms with Crippen molar-refractivity contribution in [1.29, 1.82) is 0 Å². The minimum Gasteiger partial charge on any atom is -0.369 e. The number of hydrogen-bond donors (Lipinski definition) is 0. The number of rotatable bonds is 6. The summed E-state index contributed by atoms with van der Waals surface area (Å²) in [6, 6.07) is 12.7. The van der Waals surface area contributed by atoms with E-state index in [2.05, 4.69) is 52.9 Å². The predicted molar refractivity (Wildman–Crippen MR) is 110 cm³/mol. The van der Waals surface area contributed by atoms with Crippen LogP contribution in [-0.4, -0.2) is 60.5 Å². The minimum atomic E-state index is 0.0682. The maximum Gasteiger partial charge on any atom is 0.224 e. The smallest absolute Gasteiger partial charge is 0.224 e. The molecule has 1 unspecified atom stereocenters. The predicted octanol–water partition coefficient (Wildman–Crippen LogP) is 3.12. The largest absolute Gasteiger partial charge is 0.369 e. The zero-order valence-corrected chi connectivity index (χ0v) is 16.6. The number of piperazine rings is 1. The quantitative estimate of drug-likeness (QED) is 0.787. The number of pyridine rings is 1. The van der Waals surface area contributed by atoms with Crippen molar-refractivity contribution in [3.05, 3.63) is 59.9 Å². The van der Waals surface area contributed by atoms with E-state index in [1.807, 2.05) is 24.1 Å². The molecular weight excluding hydrogens is 336 g/mol. The van der Waals surface area contributed by atoms with E-state index in [1.54, 1.807) is 12.4 Å². The Morgan fingerprint density at radius 2 is 1.85 bits per heavy atom. The molecule has 27 heavy (non-hydrogen) atoms. The highest BCUT2D eigenvalue weighted by Crippen LogP contribution is 2.20. The Balaban J connectivity index is 1.45. The number of amides is 1. The number of benzene rings is 1. The summed E-state index contributed by atoms with van der Waals surface area (Å²) >= 11 is 0. The van der Waals surface area contributed by atoms with Crippen molar-refractivity contribution >= 4 is 11.6 Å². The van der Waals surface area contributed by atoms with Crippen molar-refractivity contribution in [1.82, 2.24) is 14.8 Å². The van der Waals surface area contributed by atoms with Gasteiger partial charge in [-0.2, -0.15) is 0 Å². The number of hydrogen-bond acceptors (Lipinski definition) is 4. The average Bonchev–Trinajstić information content (AvgIpc) is 2.72. The normalized spacial score (nSPS) is 16.2. The van der Waals surface area contributed by atoms with Crippen LogP contribution in [0.4, 0.5) is 5.69 Å². The summed E-state index contributed by atoms with van der Waals surface area (Å²) in [6.45, 7) is 9.06. The molecule has 1 aliphatic heterocycles. The Bertz CT molecular complexity index is 741. The van der Waals surface area contributed by atoms with E-state index in [-0.39, 0.29) is 11.9 Å². The highest BCUT2D eigenvalue weighted by atomic mass is 16.2. The summed E-state index contributed by atoms with van der Waals surface area (Å²) in [5, 5.41) is 0. The van der Waals surface area contributed by atoms with Crippen molar-refractivity contribution in [2.75, 3.05) is 44.7 Å². The maximum atomic E-state index is 12.6. The average molecular weight is 367 g/mol. The van der Waals surface area contributed by atoms with E-state index in [9.17, 15) is 4.79 Å². The summed E-state index contributed by atoms with van der Waals surface area (Å²) in [5.74, 6) is 0.195. The molecule has 1 saturated heterocycles. The number of aryl methyl sites for hydroxylation is 1. The molecule has 5 nitrogen and oxygen atoms in total. The van der Waals surface area contributed by atoms with Gasteiger partial charge < -0.3 is 9.80 Å². The van der Waals surface area contributed by atoms with Gasteiger partial charge in [0.1, 0.15) is 0 Å². The molecule has 0 radical (unpaired) electrons. The molecule has 0 spiro atoms. The van der Waals surface area contributed by atoms with Gasteiger partial charge in [0, 0.05) is 64.3 Å². The van der Waals surface area contributed by atoms with Crippen molar-refractivity contribution in [2.24, 2.45) is 0 Å². The van der Waals surface area contributed by atoms with Crippen LogP contribution in [0.15, 0.2) is 48.8 Å². The zero-order chi connectivity index (χ0) is 19.2. The Morgan fingerprint density at radius 1 is 1.15 bits per heavy atom. The molecule has 1 aliphatic rings. The summed E-state index contributed by atoms with van der Waals surface area (Å²) in [6.07, 6.45) is 4.12. The van der Waals surface area contributed by atoms with Crippen LogP contribution >= 0.6 is 0 Å². The third-order valence-electron chi connectivity index (χ3n) is 5.54. The molecule has 1 aromatic carbocycles. The fraction of sp³-hybridized carbons (Fsp3) is 0.455. The molecule has 0 bridgehead atoms. The van der Waals surface area contributed by atoms with Gasteiger partial charge in [0.25, 0.3) is 0 Å². The van der Waals surface area contributed by atoms with Crippen LogP contribution in [0.3, 0.4) is 0 Å². The highest BCUT2D eigenvalue weighted by Gasteiger charge is 2.21. The molecule has 0 aliphatic carbocycles. The van der Waals surface area contributed by atoms with Crippen LogP contribution in [0.1, 0.15) is 30.5 Å². The lowest BCUT2D eigenvalue weighted by Crippen LogP contribution is -2.47.